The van der Waals surface area contributed by atoms with Crippen LogP contribution in [0.4, 0.5) is 0 Å². The van der Waals surface area contributed by atoms with Gasteiger partial charge in [-0.1, -0.05) is 11.6 Å². The van der Waals surface area contributed by atoms with Gasteiger partial charge in [0.15, 0.2) is 0 Å². The highest BCUT2D eigenvalue weighted by Gasteiger charge is 2.06. The summed E-state index contributed by atoms with van der Waals surface area (Å²) < 4.78 is 0. The summed E-state index contributed by atoms with van der Waals surface area (Å²) in [5, 5.41) is 9.93. The molecule has 1 aromatic heterocycles. The molecule has 0 saturated heterocycles. The molecule has 0 radical (unpaired) electrons. The van der Waals surface area contributed by atoms with Crippen LogP contribution in [0.25, 0.3) is 0 Å². The van der Waals surface area contributed by atoms with Crippen LogP contribution in [-0.4, -0.2) is 10.1 Å². The van der Waals surface area contributed by atoms with Crippen molar-refractivity contribution in [2.24, 2.45) is 0 Å². The van der Waals surface area contributed by atoms with Gasteiger partial charge in [-0.05, 0) is 12.1 Å². The molecule has 12 heavy (non-hydrogen) atoms. The molecule has 0 spiro atoms. The third kappa shape index (κ3) is 2.23. The summed E-state index contributed by atoms with van der Waals surface area (Å²) in [6, 6.07) is 3.25. The Hall–Kier alpha value is -1.04. The quantitative estimate of drug-likeness (QED) is 0.706. The van der Waals surface area contributed by atoms with Gasteiger partial charge in [-0.25, -0.2) is 0 Å². The Bertz CT molecular complexity index is 306. The standard InChI is InChI=1S/C9H8ClNO/c1-2-3-9(12)8-6-7(10)4-5-11-8/h1,4-6,9,12H,3H2. The number of aliphatic hydroxyl groups excluding tert-OH is 1. The van der Waals surface area contributed by atoms with E-state index in [0.717, 1.165) is 0 Å². The Balaban J connectivity index is 2.82. The molecule has 0 aliphatic rings. The lowest BCUT2D eigenvalue weighted by Crippen LogP contribution is -1.98. The smallest absolute Gasteiger partial charge is 0.107 e. The van der Waals surface area contributed by atoms with Crippen LogP contribution in [0.2, 0.25) is 5.02 Å². The molecule has 62 valence electrons. The number of rotatable bonds is 2. The van der Waals surface area contributed by atoms with Crippen molar-refractivity contribution < 1.29 is 5.11 Å². The molecule has 1 unspecified atom stereocenters. The summed E-state index contributed by atoms with van der Waals surface area (Å²) >= 11 is 5.69. The van der Waals surface area contributed by atoms with E-state index in [-0.39, 0.29) is 6.42 Å². The van der Waals surface area contributed by atoms with Crippen LogP contribution in [0.15, 0.2) is 18.3 Å². The third-order valence-electron chi connectivity index (χ3n) is 1.40. The Morgan fingerprint density at radius 1 is 1.75 bits per heavy atom. The molecule has 3 heteroatoms. The van der Waals surface area contributed by atoms with E-state index in [9.17, 15) is 5.11 Å². The van der Waals surface area contributed by atoms with E-state index in [2.05, 4.69) is 10.9 Å². The number of terminal acetylenes is 1. The van der Waals surface area contributed by atoms with Crippen LogP contribution < -0.4 is 0 Å². The first-order chi connectivity index (χ1) is 5.74. The molecule has 1 heterocycles. The molecule has 1 atom stereocenters. The number of aliphatic hydroxyl groups is 1. The van der Waals surface area contributed by atoms with Crippen molar-refractivity contribution in [1.82, 2.24) is 4.98 Å². The minimum absolute atomic E-state index is 0.257. The maximum absolute atomic E-state index is 9.38. The number of halogens is 1. The van der Waals surface area contributed by atoms with Crippen molar-refractivity contribution >= 4 is 11.6 Å². The Labute approximate surface area is 76.2 Å². The van der Waals surface area contributed by atoms with Gasteiger partial charge in [0.25, 0.3) is 0 Å². The lowest BCUT2D eigenvalue weighted by atomic mass is 10.2. The zero-order valence-electron chi connectivity index (χ0n) is 6.37. The van der Waals surface area contributed by atoms with Crippen LogP contribution >= 0.6 is 11.6 Å². The van der Waals surface area contributed by atoms with Crippen molar-refractivity contribution in [3.8, 4) is 12.3 Å². The fraction of sp³-hybridized carbons (Fsp3) is 0.222. The van der Waals surface area contributed by atoms with Crippen LogP contribution in [-0.2, 0) is 0 Å². The second-order valence-electron chi connectivity index (χ2n) is 2.32. The molecule has 0 bridgehead atoms. The summed E-state index contributed by atoms with van der Waals surface area (Å²) in [4.78, 5) is 3.93. The molecule has 0 fully saturated rings. The van der Waals surface area contributed by atoms with E-state index in [1.807, 2.05) is 0 Å². The lowest BCUT2D eigenvalue weighted by Gasteiger charge is -2.05. The Kier molecular flexibility index (Phi) is 3.09. The first kappa shape index (κ1) is 9.05. The maximum Gasteiger partial charge on any atom is 0.107 e. The molecular formula is C9H8ClNO. The number of pyridine rings is 1. The SMILES string of the molecule is C#CCC(O)c1cc(Cl)ccn1. The minimum atomic E-state index is -0.714. The van der Waals surface area contributed by atoms with Crippen molar-refractivity contribution in [2.45, 2.75) is 12.5 Å². The van der Waals surface area contributed by atoms with Gasteiger partial charge in [0, 0.05) is 17.6 Å². The predicted octanol–water partition coefficient (Wildman–Crippen LogP) is 1.79. The van der Waals surface area contributed by atoms with Crippen molar-refractivity contribution in [1.29, 1.82) is 0 Å². The van der Waals surface area contributed by atoms with Gasteiger partial charge in [-0.15, -0.1) is 12.3 Å². The maximum atomic E-state index is 9.38. The van der Waals surface area contributed by atoms with Gasteiger partial charge in [0.05, 0.1) is 5.69 Å². The zero-order chi connectivity index (χ0) is 8.97. The highest BCUT2D eigenvalue weighted by molar-refractivity contribution is 6.30. The van der Waals surface area contributed by atoms with E-state index in [1.165, 1.54) is 6.20 Å². The van der Waals surface area contributed by atoms with Crippen molar-refractivity contribution in [2.75, 3.05) is 0 Å². The highest BCUT2D eigenvalue weighted by atomic mass is 35.5. The fourth-order valence-electron chi connectivity index (χ4n) is 0.820. The van der Waals surface area contributed by atoms with Gasteiger partial charge >= 0.3 is 0 Å². The largest absolute Gasteiger partial charge is 0.386 e. The predicted molar refractivity (Wildman–Crippen MR) is 47.7 cm³/mol. The lowest BCUT2D eigenvalue weighted by molar-refractivity contribution is 0.179. The van der Waals surface area contributed by atoms with Crippen LogP contribution in [0.1, 0.15) is 18.2 Å². The topological polar surface area (TPSA) is 33.1 Å². The molecule has 0 saturated carbocycles. The van der Waals surface area contributed by atoms with Gasteiger partial charge < -0.3 is 5.11 Å². The number of hydrogen-bond acceptors (Lipinski definition) is 2. The van der Waals surface area contributed by atoms with Crippen molar-refractivity contribution in [3.05, 3.63) is 29.0 Å². The molecule has 0 amide bonds. The Morgan fingerprint density at radius 3 is 3.08 bits per heavy atom. The number of aromatic nitrogens is 1. The molecule has 0 aliphatic heterocycles. The van der Waals surface area contributed by atoms with Crippen LogP contribution in [0.5, 0.6) is 0 Å². The van der Waals surface area contributed by atoms with E-state index >= 15 is 0 Å². The second-order valence-corrected chi connectivity index (χ2v) is 2.76. The summed E-state index contributed by atoms with van der Waals surface area (Å²) in [6.45, 7) is 0. The second kappa shape index (κ2) is 4.10. The summed E-state index contributed by atoms with van der Waals surface area (Å²) in [7, 11) is 0. The molecular weight excluding hydrogens is 174 g/mol. The summed E-state index contributed by atoms with van der Waals surface area (Å²) in [6.07, 6.45) is 6.12. The third-order valence-corrected chi connectivity index (χ3v) is 1.63. The minimum Gasteiger partial charge on any atom is -0.386 e. The Morgan fingerprint density at radius 2 is 2.50 bits per heavy atom. The van der Waals surface area contributed by atoms with Crippen LogP contribution in [0.3, 0.4) is 0 Å². The molecule has 2 nitrogen and oxygen atoms in total. The average molecular weight is 182 g/mol. The highest BCUT2D eigenvalue weighted by Crippen LogP contribution is 2.16. The monoisotopic (exact) mass is 181 g/mol. The van der Waals surface area contributed by atoms with E-state index < -0.39 is 6.10 Å². The zero-order valence-corrected chi connectivity index (χ0v) is 7.12. The number of hydrogen-bond donors (Lipinski definition) is 1. The number of nitrogens with zero attached hydrogens (tertiary/aromatic N) is 1. The molecule has 1 N–H and O–H groups in total. The first-order valence-corrected chi connectivity index (χ1v) is 3.85. The molecule has 1 aromatic rings. The fourth-order valence-corrected chi connectivity index (χ4v) is 0.988. The van der Waals surface area contributed by atoms with Crippen LogP contribution in [0, 0.1) is 12.3 Å². The molecule has 1 rings (SSSR count). The summed E-state index contributed by atoms with van der Waals surface area (Å²) in [5.41, 5.74) is 0.514. The normalized spacial score (nSPS) is 12.1. The average Bonchev–Trinajstić information content (AvgIpc) is 2.05. The van der Waals surface area contributed by atoms with E-state index in [4.69, 9.17) is 18.0 Å². The van der Waals surface area contributed by atoms with Gasteiger partial charge in [-0.3, -0.25) is 4.98 Å². The molecule has 0 aliphatic carbocycles. The van der Waals surface area contributed by atoms with E-state index in [1.54, 1.807) is 12.1 Å². The van der Waals surface area contributed by atoms with E-state index in [0.29, 0.717) is 10.7 Å². The van der Waals surface area contributed by atoms with Gasteiger partial charge in [-0.2, -0.15) is 0 Å². The summed E-state index contributed by atoms with van der Waals surface area (Å²) in [5.74, 6) is 2.35. The van der Waals surface area contributed by atoms with Gasteiger partial charge in [0.2, 0.25) is 0 Å². The van der Waals surface area contributed by atoms with Gasteiger partial charge in [0.1, 0.15) is 6.10 Å². The molecule has 0 aromatic carbocycles. The first-order valence-electron chi connectivity index (χ1n) is 3.47. The van der Waals surface area contributed by atoms with Crippen molar-refractivity contribution in [3.63, 3.8) is 0 Å².